The fraction of sp³-hybridized carbons (Fsp3) is 0.196. The van der Waals surface area contributed by atoms with Crippen molar-refractivity contribution in [1.82, 2.24) is 15.2 Å². The number of thioether (sulfide) groups is 2. The minimum absolute atomic E-state index is 0. The Labute approximate surface area is 465 Å². The van der Waals surface area contributed by atoms with Gasteiger partial charge in [-0.05, 0) is 40.3 Å². The average Bonchev–Trinajstić information content (AvgIpc) is 3.93. The van der Waals surface area contributed by atoms with Gasteiger partial charge in [0.1, 0.15) is 34.4 Å². The molecule has 0 spiro atoms. The van der Waals surface area contributed by atoms with E-state index >= 15 is 0 Å². The molecule has 2 aromatic heterocycles. The summed E-state index contributed by atoms with van der Waals surface area (Å²) in [7, 11) is 0. The molecular formula is C56H48F3IN6O7S3. The zero-order chi connectivity index (χ0) is 52.5. The number of amides is 2. The Hall–Kier alpha value is -7.01. The van der Waals surface area contributed by atoms with E-state index in [2.05, 4.69) is 15.8 Å². The second-order valence-corrected chi connectivity index (χ2v) is 20.5. The molecule has 1 saturated heterocycles. The quantitative estimate of drug-likeness (QED) is 0.0108. The van der Waals surface area contributed by atoms with Gasteiger partial charge in [0.05, 0.1) is 6.42 Å². The van der Waals surface area contributed by atoms with Gasteiger partial charge in [0.15, 0.2) is 29.3 Å². The first-order valence-corrected chi connectivity index (χ1v) is 26.5. The molecular weight excluding hydrogens is 1150 g/mol. The number of nitrogens with one attached hydrogen (secondary N) is 2. The van der Waals surface area contributed by atoms with E-state index in [0.717, 1.165) is 37.3 Å². The molecule has 9 rings (SSSR count). The highest BCUT2D eigenvalue weighted by atomic mass is 127. The van der Waals surface area contributed by atoms with E-state index in [9.17, 15) is 37.5 Å². The van der Waals surface area contributed by atoms with Crippen LogP contribution >= 0.6 is 34.9 Å². The Morgan fingerprint density at radius 3 is 1.87 bits per heavy atom. The molecule has 2 aliphatic heterocycles. The number of esters is 1. The van der Waals surface area contributed by atoms with E-state index < -0.39 is 65.6 Å². The van der Waals surface area contributed by atoms with Crippen molar-refractivity contribution in [2.75, 3.05) is 16.8 Å². The van der Waals surface area contributed by atoms with Gasteiger partial charge in [0, 0.05) is 33.9 Å². The Kier molecular flexibility index (Phi) is 18.0. The second-order valence-electron chi connectivity index (χ2n) is 17.5. The Bertz CT molecular complexity index is 3060. The Morgan fingerprint density at radius 1 is 0.829 bits per heavy atom. The lowest BCUT2D eigenvalue weighted by Crippen LogP contribution is -3.00. The van der Waals surface area contributed by atoms with E-state index in [0.29, 0.717) is 15.6 Å². The summed E-state index contributed by atoms with van der Waals surface area (Å²) >= 11 is 3.69. The lowest BCUT2D eigenvalue weighted by atomic mass is 9.77. The second kappa shape index (κ2) is 24.8. The largest absolute Gasteiger partial charge is 1.00 e. The predicted molar refractivity (Wildman–Crippen MR) is 281 cm³/mol. The highest BCUT2D eigenvalue weighted by molar-refractivity contribution is 8.01. The van der Waals surface area contributed by atoms with Crippen molar-refractivity contribution in [1.29, 1.82) is 0 Å². The Balaban J connectivity index is 0.00000765. The van der Waals surface area contributed by atoms with E-state index in [-0.39, 0.29) is 59.0 Å². The van der Waals surface area contributed by atoms with Crippen LogP contribution in [0.15, 0.2) is 203 Å². The molecule has 3 atom stereocenters. The number of alkyl halides is 3. The van der Waals surface area contributed by atoms with Crippen molar-refractivity contribution in [2.45, 2.75) is 60.1 Å². The number of halogens is 4. The van der Waals surface area contributed by atoms with Gasteiger partial charge in [-0.1, -0.05) is 157 Å². The molecule has 1 unspecified atom stereocenters. The molecule has 2 aliphatic rings. The predicted octanol–water partition coefficient (Wildman–Crippen LogP) is 6.76. The van der Waals surface area contributed by atoms with Crippen molar-refractivity contribution in [3.63, 3.8) is 0 Å². The van der Waals surface area contributed by atoms with Gasteiger partial charge < -0.3 is 49.3 Å². The highest BCUT2D eigenvalue weighted by Gasteiger charge is 2.54. The van der Waals surface area contributed by atoms with Crippen LogP contribution in [0.1, 0.15) is 53.0 Å². The molecule has 4 heterocycles. The fourth-order valence-corrected chi connectivity index (χ4v) is 11.9. The summed E-state index contributed by atoms with van der Waals surface area (Å²) in [4.78, 5) is 67.5. The number of hydrogen-bond acceptors (Lipinski definition) is 12. The number of thiazole rings is 1. The van der Waals surface area contributed by atoms with Crippen LogP contribution in [0.2, 0.25) is 0 Å². The lowest BCUT2D eigenvalue weighted by molar-refractivity contribution is -0.719. The zero-order valence-corrected chi connectivity index (χ0v) is 45.0. The molecule has 0 bridgehead atoms. The smallest absolute Gasteiger partial charge is 0.448 e. The van der Waals surface area contributed by atoms with E-state index in [1.165, 1.54) is 59.4 Å². The van der Waals surface area contributed by atoms with Gasteiger partial charge in [-0.15, -0.1) is 34.9 Å². The summed E-state index contributed by atoms with van der Waals surface area (Å²) < 4.78 is 45.8. The van der Waals surface area contributed by atoms with Crippen molar-refractivity contribution in [3.8, 4) is 0 Å². The molecule has 0 saturated carbocycles. The third kappa shape index (κ3) is 12.8. The fourth-order valence-electron chi connectivity index (χ4n) is 8.79. The third-order valence-corrected chi connectivity index (χ3v) is 15.5. The van der Waals surface area contributed by atoms with Crippen molar-refractivity contribution in [2.24, 2.45) is 5.16 Å². The van der Waals surface area contributed by atoms with Crippen LogP contribution in [0.25, 0.3) is 0 Å². The monoisotopic (exact) mass is 1200 g/mol. The van der Waals surface area contributed by atoms with E-state index in [1.54, 1.807) is 12.3 Å². The molecule has 5 aromatic carbocycles. The summed E-state index contributed by atoms with van der Waals surface area (Å²) in [6, 6.07) is 50.1. The number of nitrogens with zero attached hydrogens (tertiary/aromatic N) is 4. The summed E-state index contributed by atoms with van der Waals surface area (Å²) in [6.45, 7) is 0.452. The Morgan fingerprint density at radius 2 is 1.36 bits per heavy atom. The molecule has 0 aliphatic carbocycles. The number of hydrogen-bond donors (Lipinski definition) is 3. The maximum absolute atomic E-state index is 14.6. The first-order valence-electron chi connectivity index (χ1n) is 23.6. The summed E-state index contributed by atoms with van der Waals surface area (Å²) in [6.07, 6.45) is -3.69. The topological polar surface area (TPSA) is 163 Å². The van der Waals surface area contributed by atoms with Gasteiger partial charge in [-0.2, -0.15) is 17.7 Å². The first kappa shape index (κ1) is 55.2. The SMILES string of the molecule is CC(CC(=O)OC(c1ccccc1)c1ccccc1)O/N=C(\C(=O)N[C@@H]1C(=O)N2C(C(=O)O)=C(CSc3cc[n+](CC(F)(F)F)cc3)CS[C@H]12)c1csc(NC(c2ccccc2)(c2ccccc2)c2ccccc2)n1.[I-]. The van der Waals surface area contributed by atoms with E-state index in [4.69, 9.17) is 14.6 Å². The zero-order valence-electron chi connectivity index (χ0n) is 40.4. The van der Waals surface area contributed by atoms with Crippen molar-refractivity contribution >= 4 is 69.5 Å². The number of ether oxygens (including phenoxy) is 1. The number of carbonyl (C=O) groups is 4. The molecule has 13 nitrogen and oxygen atoms in total. The van der Waals surface area contributed by atoms with Crippen LogP contribution in [0.5, 0.6) is 0 Å². The standard InChI is InChI=1S/C56H47F3N6O7S3.HI/c1-36(31-45(66)71-49(37-17-7-2-8-18-37)38-19-9-3-10-20-38)72-63-46(44-34-75-54(60-44)62-56(40-21-11-4-12-22-40,41-23-13-5-14-24-41)42-25-15-6-16-26-42)50(67)61-47-51(68)65-48(53(69)70)39(33-74-52(47)65)32-73-43-27-29-64(30-28-43)35-55(57,58)59;/h2-30,34,36,47,49,52H,31-33,35H2,1H3,(H2-,60,61,62,67,69,70);1H/b63-46-;/t36?,47-,52-;/m1./s1. The highest BCUT2D eigenvalue weighted by Crippen LogP contribution is 2.43. The molecule has 3 N–H and O–H groups in total. The number of carbonyl (C=O) groups excluding carboxylic acids is 3. The number of carboxylic acids is 1. The molecule has 0 radical (unpaired) electrons. The average molecular weight is 1200 g/mol. The number of aromatic nitrogens is 2. The molecule has 2 amide bonds. The normalized spacial score (nSPS) is 15.9. The number of pyridine rings is 1. The van der Waals surface area contributed by atoms with Crippen LogP contribution in [0.4, 0.5) is 18.3 Å². The van der Waals surface area contributed by atoms with Crippen LogP contribution < -0.4 is 39.2 Å². The number of aliphatic carboxylic acids is 1. The van der Waals surface area contributed by atoms with Gasteiger partial charge in [0.25, 0.3) is 11.8 Å². The van der Waals surface area contributed by atoms with Gasteiger partial charge >= 0.3 is 18.1 Å². The maximum Gasteiger partial charge on any atom is 0.448 e. The molecule has 76 heavy (non-hydrogen) atoms. The number of β-lactam (4-membered cyclic amide) rings is 1. The summed E-state index contributed by atoms with van der Waals surface area (Å²) in [5.74, 6) is -3.11. The number of fused-ring (bicyclic) bond motifs is 1. The molecule has 7 aromatic rings. The van der Waals surface area contributed by atoms with Crippen molar-refractivity contribution in [3.05, 3.63) is 226 Å². The molecule has 1 fully saturated rings. The van der Waals surface area contributed by atoms with E-state index in [1.807, 2.05) is 152 Å². The lowest BCUT2D eigenvalue weighted by Gasteiger charge is -2.49. The first-order chi connectivity index (χ1) is 36.3. The van der Waals surface area contributed by atoms with Crippen LogP contribution in [0, 0.1) is 0 Å². The minimum atomic E-state index is -4.39. The number of benzene rings is 5. The summed E-state index contributed by atoms with van der Waals surface area (Å²) in [5, 5.41) is 22.4. The van der Waals surface area contributed by atoms with Gasteiger partial charge in [-0.25, -0.2) is 9.78 Å². The van der Waals surface area contributed by atoms with Gasteiger partial charge in [0.2, 0.25) is 6.54 Å². The molecule has 390 valence electrons. The van der Waals surface area contributed by atoms with Crippen molar-refractivity contribution < 1.29 is 75.6 Å². The van der Waals surface area contributed by atoms with Crippen LogP contribution in [-0.2, 0) is 40.8 Å². The van der Waals surface area contributed by atoms with Gasteiger partial charge in [-0.3, -0.25) is 19.3 Å². The third-order valence-electron chi connectivity index (χ3n) is 12.3. The number of rotatable bonds is 20. The number of anilines is 1. The molecule has 20 heteroatoms. The number of carboxylic acid groups (broad SMARTS) is 1. The summed E-state index contributed by atoms with van der Waals surface area (Å²) in [5.41, 5.74) is 3.26. The minimum Gasteiger partial charge on any atom is -1.00 e. The van der Waals surface area contributed by atoms with Crippen LogP contribution in [0.3, 0.4) is 0 Å². The number of oxime groups is 1. The van der Waals surface area contributed by atoms with Crippen LogP contribution in [-0.4, -0.2) is 79.7 Å². The maximum atomic E-state index is 14.6.